The molecule has 4 rings (SSSR count). The lowest BCUT2D eigenvalue weighted by Crippen LogP contribution is -2.36. The molecule has 40 heavy (non-hydrogen) atoms. The number of amides is 2. The number of ether oxygens (including phenoxy) is 2. The van der Waals surface area contributed by atoms with Gasteiger partial charge in [-0.25, -0.2) is 25.0 Å². The van der Waals surface area contributed by atoms with Crippen molar-refractivity contribution in [3.05, 3.63) is 59.1 Å². The fourth-order valence-corrected chi connectivity index (χ4v) is 3.95. The number of nitrogens with zero attached hydrogens (tertiary/aromatic N) is 4. The number of nitrogens with two attached hydrogens (primary N) is 2. The van der Waals surface area contributed by atoms with Crippen LogP contribution < -0.4 is 26.4 Å². The molecular weight excluding hydrogens is 544 g/mol. The molecule has 0 saturated carbocycles. The summed E-state index contributed by atoms with van der Waals surface area (Å²) in [5, 5.41) is 20.8. The number of esters is 1. The summed E-state index contributed by atoms with van der Waals surface area (Å²) < 4.78 is 11.7. The quantitative estimate of drug-likeness (QED) is 0.0724. The summed E-state index contributed by atoms with van der Waals surface area (Å²) >= 11 is 6.23. The number of aromatic amines is 1. The van der Waals surface area contributed by atoms with Crippen LogP contribution in [0.15, 0.2) is 42.7 Å². The zero-order valence-electron chi connectivity index (χ0n) is 21.6. The first-order chi connectivity index (χ1) is 19.1. The minimum absolute atomic E-state index is 0.0709. The maximum atomic E-state index is 13.1. The molecule has 0 radical (unpaired) electrons. The normalized spacial score (nSPS) is 10.7. The van der Waals surface area contributed by atoms with Crippen molar-refractivity contribution in [3.8, 4) is 39.6 Å². The van der Waals surface area contributed by atoms with E-state index in [1.54, 1.807) is 31.2 Å². The fraction of sp³-hybridized carbons (Fsp3) is 0.160. The number of phenols is 1. The molecule has 0 aliphatic heterocycles. The third kappa shape index (κ3) is 5.25. The number of rotatable bonds is 7. The lowest BCUT2D eigenvalue weighted by atomic mass is 9.97. The van der Waals surface area contributed by atoms with Crippen molar-refractivity contribution in [2.75, 3.05) is 26.4 Å². The lowest BCUT2D eigenvalue weighted by Gasteiger charge is -2.13. The number of nitrogen functional groups attached to an aromatic ring is 1. The van der Waals surface area contributed by atoms with E-state index in [1.165, 1.54) is 20.2 Å². The molecule has 2 aromatic heterocycles. The molecule has 0 saturated heterocycles. The molecule has 0 aliphatic carbocycles. The van der Waals surface area contributed by atoms with Gasteiger partial charge in [0.15, 0.2) is 5.69 Å². The average Bonchev–Trinajstić information content (AvgIpc) is 3.54. The van der Waals surface area contributed by atoms with Gasteiger partial charge in [0.1, 0.15) is 40.8 Å². The Balaban J connectivity index is 1.84. The predicted molar refractivity (Wildman–Crippen MR) is 145 cm³/mol. The van der Waals surface area contributed by atoms with Gasteiger partial charge in [0.25, 0.3) is 5.91 Å². The maximum absolute atomic E-state index is 13.1. The van der Waals surface area contributed by atoms with Crippen molar-refractivity contribution < 1.29 is 29.0 Å². The Bertz CT molecular complexity index is 1600. The second kappa shape index (κ2) is 11.3. The van der Waals surface area contributed by atoms with E-state index in [-0.39, 0.29) is 39.2 Å². The standard InChI is InChI=1S/C25H25ClN8O6/c1-4-29-23(36)20-18(12-5-7-13(39-3)8-6-12)19(31-32-20)14-9-15(26)16(35)10-17(14)40-24(37)21-22(27)34(11-30-21)25(38)33(2)28/h5-11,35H,4,27-28H2,1-3H3,(H,29,36)(H,31,32). The summed E-state index contributed by atoms with van der Waals surface area (Å²) in [6.45, 7) is 2.13. The summed E-state index contributed by atoms with van der Waals surface area (Å²) in [5.74, 6) is 3.70. The first kappa shape index (κ1) is 27.9. The Morgan fingerprint density at radius 1 is 1.23 bits per heavy atom. The Kier molecular flexibility index (Phi) is 7.93. The highest BCUT2D eigenvalue weighted by Gasteiger charge is 2.27. The second-order valence-electron chi connectivity index (χ2n) is 8.34. The van der Waals surface area contributed by atoms with Crippen LogP contribution in [-0.2, 0) is 0 Å². The summed E-state index contributed by atoms with van der Waals surface area (Å²) in [5.41, 5.74) is 7.00. The summed E-state index contributed by atoms with van der Waals surface area (Å²) in [4.78, 5) is 42.0. The number of hydrogen-bond acceptors (Lipinski definition) is 10. The molecule has 2 heterocycles. The molecule has 14 nitrogen and oxygen atoms in total. The van der Waals surface area contributed by atoms with E-state index in [1.807, 2.05) is 0 Å². The van der Waals surface area contributed by atoms with E-state index in [0.717, 1.165) is 22.0 Å². The van der Waals surface area contributed by atoms with Gasteiger partial charge in [-0.2, -0.15) is 5.10 Å². The predicted octanol–water partition coefficient (Wildman–Crippen LogP) is 2.63. The Morgan fingerprint density at radius 2 is 1.93 bits per heavy atom. The van der Waals surface area contributed by atoms with Crippen LogP contribution >= 0.6 is 11.6 Å². The van der Waals surface area contributed by atoms with Crippen molar-refractivity contribution in [2.45, 2.75) is 6.92 Å². The van der Waals surface area contributed by atoms with Gasteiger partial charge < -0.3 is 25.6 Å². The average molecular weight is 569 g/mol. The third-order valence-electron chi connectivity index (χ3n) is 5.72. The number of H-pyrrole nitrogens is 1. The molecular formula is C25H25ClN8O6. The number of hydrazine groups is 1. The zero-order chi connectivity index (χ0) is 29.1. The van der Waals surface area contributed by atoms with Gasteiger partial charge >= 0.3 is 12.0 Å². The van der Waals surface area contributed by atoms with Crippen molar-refractivity contribution >= 4 is 35.3 Å². The van der Waals surface area contributed by atoms with Crippen molar-refractivity contribution in [1.29, 1.82) is 0 Å². The van der Waals surface area contributed by atoms with Gasteiger partial charge in [0, 0.05) is 30.8 Å². The first-order valence-corrected chi connectivity index (χ1v) is 12.1. The van der Waals surface area contributed by atoms with Crippen molar-refractivity contribution in [2.24, 2.45) is 5.84 Å². The number of carbonyl (C=O) groups excluding carboxylic acids is 3. The molecule has 2 aromatic carbocycles. The van der Waals surface area contributed by atoms with Crippen LogP contribution in [0.25, 0.3) is 22.4 Å². The Labute approximate surface area is 232 Å². The molecule has 2 amide bonds. The van der Waals surface area contributed by atoms with Crippen molar-refractivity contribution in [1.82, 2.24) is 30.1 Å². The Morgan fingerprint density at radius 3 is 2.55 bits per heavy atom. The van der Waals surface area contributed by atoms with Gasteiger partial charge in [-0.05, 0) is 30.7 Å². The molecule has 15 heteroatoms. The molecule has 0 bridgehead atoms. The first-order valence-electron chi connectivity index (χ1n) is 11.7. The number of phenolic OH excluding ortho intramolecular Hbond substituents is 1. The van der Waals surface area contributed by atoms with Gasteiger partial charge in [0.2, 0.25) is 0 Å². The molecule has 0 unspecified atom stereocenters. The molecule has 7 N–H and O–H groups in total. The fourth-order valence-electron chi connectivity index (χ4n) is 3.79. The van der Waals surface area contributed by atoms with E-state index in [4.69, 9.17) is 32.7 Å². The third-order valence-corrected chi connectivity index (χ3v) is 6.02. The van der Waals surface area contributed by atoms with Gasteiger partial charge in [-0.3, -0.25) is 14.9 Å². The largest absolute Gasteiger partial charge is 0.506 e. The van der Waals surface area contributed by atoms with E-state index >= 15 is 0 Å². The SMILES string of the molecule is CCNC(=O)c1[nH]nc(-c2cc(Cl)c(O)cc2OC(=O)c2ncn(C(=O)N(C)N)c2N)c1-c1ccc(OC)cc1. The van der Waals surface area contributed by atoms with Crippen LogP contribution in [0.4, 0.5) is 10.6 Å². The lowest BCUT2D eigenvalue weighted by molar-refractivity contribution is 0.0730. The van der Waals surface area contributed by atoms with Crippen LogP contribution in [0.5, 0.6) is 17.2 Å². The number of benzene rings is 2. The van der Waals surface area contributed by atoms with E-state index in [0.29, 0.717) is 23.4 Å². The minimum Gasteiger partial charge on any atom is -0.506 e. The van der Waals surface area contributed by atoms with Gasteiger partial charge in [-0.15, -0.1) is 0 Å². The molecule has 0 aliphatic rings. The molecule has 0 atom stereocenters. The van der Waals surface area contributed by atoms with E-state index in [9.17, 15) is 19.5 Å². The molecule has 4 aromatic rings. The van der Waals surface area contributed by atoms with E-state index < -0.39 is 23.7 Å². The van der Waals surface area contributed by atoms with E-state index in [2.05, 4.69) is 20.5 Å². The number of carbonyl (C=O) groups is 3. The number of hydrogen-bond donors (Lipinski definition) is 5. The van der Waals surface area contributed by atoms with Gasteiger partial charge in [0.05, 0.1) is 12.1 Å². The van der Waals surface area contributed by atoms with Crippen LogP contribution in [0, 0.1) is 0 Å². The van der Waals surface area contributed by atoms with Crippen LogP contribution in [0.1, 0.15) is 27.9 Å². The maximum Gasteiger partial charge on any atom is 0.366 e. The number of aromatic hydroxyl groups is 1. The highest BCUT2D eigenvalue weighted by molar-refractivity contribution is 6.32. The second-order valence-corrected chi connectivity index (χ2v) is 8.75. The highest BCUT2D eigenvalue weighted by Crippen LogP contribution is 2.42. The minimum atomic E-state index is -1.04. The Hall–Kier alpha value is -5.08. The van der Waals surface area contributed by atoms with Crippen LogP contribution in [-0.4, -0.2) is 68.5 Å². The number of aromatic nitrogens is 4. The summed E-state index contributed by atoms with van der Waals surface area (Å²) in [6.07, 6.45) is 1.02. The number of imidazole rings is 1. The molecule has 208 valence electrons. The molecule has 0 spiro atoms. The van der Waals surface area contributed by atoms with Crippen LogP contribution in [0.3, 0.4) is 0 Å². The highest BCUT2D eigenvalue weighted by atomic mass is 35.5. The van der Waals surface area contributed by atoms with Crippen molar-refractivity contribution in [3.63, 3.8) is 0 Å². The topological polar surface area (TPSA) is 204 Å². The van der Waals surface area contributed by atoms with Crippen LogP contribution in [0.2, 0.25) is 5.02 Å². The monoisotopic (exact) mass is 568 g/mol. The number of nitrogens with one attached hydrogen (secondary N) is 2. The summed E-state index contributed by atoms with van der Waals surface area (Å²) in [6, 6.07) is 8.56. The molecule has 0 fully saturated rings. The number of anilines is 1. The number of methoxy groups -OCH3 is 1. The summed E-state index contributed by atoms with van der Waals surface area (Å²) in [7, 11) is 2.82. The smallest absolute Gasteiger partial charge is 0.366 e. The zero-order valence-corrected chi connectivity index (χ0v) is 22.3. The van der Waals surface area contributed by atoms with Gasteiger partial charge in [-0.1, -0.05) is 23.7 Å². The number of halogens is 1.